The van der Waals surface area contributed by atoms with Crippen LogP contribution < -0.4 is 10.2 Å². The Morgan fingerprint density at radius 1 is 0.929 bits per heavy atom. The summed E-state index contributed by atoms with van der Waals surface area (Å²) in [5, 5.41) is 2.92. The van der Waals surface area contributed by atoms with Crippen molar-refractivity contribution in [3.8, 4) is 0 Å². The zero-order valence-corrected chi connectivity index (χ0v) is 16.6. The lowest BCUT2D eigenvalue weighted by Crippen LogP contribution is -2.21. The van der Waals surface area contributed by atoms with Crippen molar-refractivity contribution in [3.05, 3.63) is 95.6 Å². The quantitative estimate of drug-likeness (QED) is 0.645. The van der Waals surface area contributed by atoms with Crippen LogP contribution in [0.3, 0.4) is 0 Å². The van der Waals surface area contributed by atoms with Gasteiger partial charge in [0.1, 0.15) is 12.7 Å². The third kappa shape index (κ3) is 4.99. The highest BCUT2D eigenvalue weighted by atomic mass is 16.5. The van der Waals surface area contributed by atoms with Crippen molar-refractivity contribution in [1.29, 1.82) is 0 Å². The fourth-order valence-corrected chi connectivity index (χ4v) is 3.23. The van der Waals surface area contributed by atoms with Gasteiger partial charge in [0.15, 0.2) is 0 Å². The van der Waals surface area contributed by atoms with Crippen LogP contribution in [0.5, 0.6) is 0 Å². The molecule has 0 atom stereocenters. The molecule has 0 aliphatic heterocycles. The Hall–Kier alpha value is -3.11. The topological polar surface area (TPSA) is 41.6 Å². The van der Waals surface area contributed by atoms with E-state index in [0.29, 0.717) is 0 Å². The molecule has 3 aromatic rings. The van der Waals surface area contributed by atoms with E-state index < -0.39 is 0 Å². The molecule has 1 amide bonds. The largest absolute Gasteiger partial charge is 0.377 e. The minimum Gasteiger partial charge on any atom is -0.377 e. The maximum atomic E-state index is 12.5. The van der Waals surface area contributed by atoms with Gasteiger partial charge in [0.05, 0.1) is 0 Å². The first-order chi connectivity index (χ1) is 13.5. The van der Waals surface area contributed by atoms with Crippen LogP contribution in [-0.4, -0.2) is 26.6 Å². The lowest BCUT2D eigenvalue weighted by Gasteiger charge is -2.19. The van der Waals surface area contributed by atoms with Crippen LogP contribution in [0.1, 0.15) is 22.8 Å². The normalized spacial score (nSPS) is 10.7. The van der Waals surface area contributed by atoms with Crippen LogP contribution in [0.25, 0.3) is 0 Å². The molecule has 0 aliphatic rings. The van der Waals surface area contributed by atoms with E-state index in [-0.39, 0.29) is 18.6 Å². The maximum absolute atomic E-state index is 12.5. The molecule has 1 N–H and O–H groups in total. The van der Waals surface area contributed by atoms with Gasteiger partial charge in [0.25, 0.3) is 0 Å². The standard InChI is InChI=1S/C24H26N2O2/c1-18-16-21(14-15-22(18)26(2)3)25-23(27)17-28-24(19-10-6-4-7-11-19)20-12-8-5-9-13-20/h4-16,24H,17H2,1-3H3,(H,25,27). The fourth-order valence-electron chi connectivity index (χ4n) is 3.23. The van der Waals surface area contributed by atoms with E-state index in [1.54, 1.807) is 0 Å². The molecule has 144 valence electrons. The Labute approximate surface area is 166 Å². The average Bonchev–Trinajstić information content (AvgIpc) is 2.69. The Morgan fingerprint density at radius 3 is 2.00 bits per heavy atom. The number of ether oxygens (including phenoxy) is 1. The lowest BCUT2D eigenvalue weighted by atomic mass is 10.0. The number of carbonyl (C=O) groups excluding carboxylic acids is 1. The van der Waals surface area contributed by atoms with Crippen molar-refractivity contribution >= 4 is 17.3 Å². The van der Waals surface area contributed by atoms with Gasteiger partial charge in [0, 0.05) is 25.5 Å². The van der Waals surface area contributed by atoms with Crippen LogP contribution in [0.15, 0.2) is 78.9 Å². The SMILES string of the molecule is Cc1cc(NC(=O)COC(c2ccccc2)c2ccccc2)ccc1N(C)C. The molecular weight excluding hydrogens is 348 g/mol. The van der Waals surface area contributed by atoms with E-state index in [9.17, 15) is 4.79 Å². The molecule has 0 radical (unpaired) electrons. The number of nitrogens with one attached hydrogen (secondary N) is 1. The van der Waals surface area contributed by atoms with Gasteiger partial charge in [0.2, 0.25) is 5.91 Å². The summed E-state index contributed by atoms with van der Waals surface area (Å²) in [6, 6.07) is 25.8. The lowest BCUT2D eigenvalue weighted by molar-refractivity contribution is -0.121. The smallest absolute Gasteiger partial charge is 0.250 e. The maximum Gasteiger partial charge on any atom is 0.250 e. The third-order valence-corrected chi connectivity index (χ3v) is 4.55. The molecular formula is C24H26N2O2. The van der Waals surface area contributed by atoms with E-state index in [2.05, 4.69) is 5.32 Å². The van der Waals surface area contributed by atoms with E-state index in [4.69, 9.17) is 4.74 Å². The van der Waals surface area contributed by atoms with Crippen LogP contribution in [0, 0.1) is 6.92 Å². The van der Waals surface area contributed by atoms with Crippen LogP contribution in [0.4, 0.5) is 11.4 Å². The summed E-state index contributed by atoms with van der Waals surface area (Å²) in [6.45, 7) is 2.01. The summed E-state index contributed by atoms with van der Waals surface area (Å²) in [4.78, 5) is 14.5. The molecule has 0 unspecified atom stereocenters. The Morgan fingerprint density at radius 2 is 1.50 bits per heavy atom. The summed E-state index contributed by atoms with van der Waals surface area (Å²) < 4.78 is 6.02. The summed E-state index contributed by atoms with van der Waals surface area (Å²) in [5.74, 6) is -0.172. The van der Waals surface area contributed by atoms with Gasteiger partial charge >= 0.3 is 0 Å². The molecule has 0 aliphatic carbocycles. The number of nitrogens with zero attached hydrogens (tertiary/aromatic N) is 1. The van der Waals surface area contributed by atoms with Gasteiger partial charge in [-0.05, 0) is 41.8 Å². The molecule has 4 nitrogen and oxygen atoms in total. The summed E-state index contributed by atoms with van der Waals surface area (Å²) in [6.07, 6.45) is -0.286. The van der Waals surface area contributed by atoms with Gasteiger partial charge in [-0.15, -0.1) is 0 Å². The molecule has 3 aromatic carbocycles. The van der Waals surface area contributed by atoms with Gasteiger partial charge in [-0.25, -0.2) is 0 Å². The van der Waals surface area contributed by atoms with Gasteiger partial charge in [-0.3, -0.25) is 4.79 Å². The fraction of sp³-hybridized carbons (Fsp3) is 0.208. The molecule has 0 saturated heterocycles. The predicted molar refractivity (Wildman–Crippen MR) is 115 cm³/mol. The van der Waals surface area contributed by atoms with Crippen molar-refractivity contribution in [1.82, 2.24) is 0 Å². The number of hydrogen-bond acceptors (Lipinski definition) is 3. The molecule has 3 rings (SSSR count). The molecule has 0 spiro atoms. The number of aryl methyl sites for hydroxylation is 1. The second-order valence-corrected chi connectivity index (χ2v) is 6.96. The van der Waals surface area contributed by atoms with E-state index in [1.807, 2.05) is 105 Å². The summed E-state index contributed by atoms with van der Waals surface area (Å²) in [7, 11) is 4.00. The highest BCUT2D eigenvalue weighted by molar-refractivity contribution is 5.92. The molecule has 0 aromatic heterocycles. The number of benzene rings is 3. The van der Waals surface area contributed by atoms with Crippen LogP contribution in [0.2, 0.25) is 0 Å². The Balaban J connectivity index is 1.68. The zero-order chi connectivity index (χ0) is 19.9. The number of rotatable bonds is 7. The molecule has 28 heavy (non-hydrogen) atoms. The van der Waals surface area contributed by atoms with Crippen molar-refractivity contribution < 1.29 is 9.53 Å². The highest BCUT2D eigenvalue weighted by Crippen LogP contribution is 2.26. The minimum atomic E-state index is -0.286. The Kier molecular flexibility index (Phi) is 6.45. The third-order valence-electron chi connectivity index (χ3n) is 4.55. The minimum absolute atomic E-state index is 0.0249. The second-order valence-electron chi connectivity index (χ2n) is 6.96. The van der Waals surface area contributed by atoms with Crippen LogP contribution >= 0.6 is 0 Å². The average molecular weight is 374 g/mol. The molecule has 0 fully saturated rings. The van der Waals surface area contributed by atoms with Crippen molar-refractivity contribution in [2.24, 2.45) is 0 Å². The molecule has 4 heteroatoms. The number of anilines is 2. The summed E-state index contributed by atoms with van der Waals surface area (Å²) >= 11 is 0. The molecule has 0 bridgehead atoms. The van der Waals surface area contributed by atoms with Crippen molar-refractivity contribution in [3.63, 3.8) is 0 Å². The van der Waals surface area contributed by atoms with E-state index in [1.165, 1.54) is 0 Å². The monoisotopic (exact) mass is 374 g/mol. The van der Waals surface area contributed by atoms with E-state index >= 15 is 0 Å². The number of amides is 1. The van der Waals surface area contributed by atoms with Crippen molar-refractivity contribution in [2.45, 2.75) is 13.0 Å². The molecule has 0 saturated carbocycles. The van der Waals surface area contributed by atoms with Crippen molar-refractivity contribution in [2.75, 3.05) is 30.9 Å². The highest BCUT2D eigenvalue weighted by Gasteiger charge is 2.16. The first-order valence-corrected chi connectivity index (χ1v) is 9.34. The van der Waals surface area contributed by atoms with Gasteiger partial charge < -0.3 is 15.0 Å². The summed E-state index contributed by atoms with van der Waals surface area (Å²) in [5.41, 5.74) is 5.05. The number of hydrogen-bond donors (Lipinski definition) is 1. The first-order valence-electron chi connectivity index (χ1n) is 9.34. The molecule has 0 heterocycles. The zero-order valence-electron chi connectivity index (χ0n) is 16.6. The van der Waals surface area contributed by atoms with Gasteiger partial charge in [-0.2, -0.15) is 0 Å². The Bertz CT molecular complexity index is 869. The van der Waals surface area contributed by atoms with Gasteiger partial charge in [-0.1, -0.05) is 60.7 Å². The second kappa shape index (κ2) is 9.20. The predicted octanol–water partition coefficient (Wildman–Crippen LogP) is 4.81. The number of carbonyl (C=O) groups is 1. The first kappa shape index (κ1) is 19.6. The van der Waals surface area contributed by atoms with E-state index in [0.717, 1.165) is 28.1 Å². The van der Waals surface area contributed by atoms with Crippen LogP contribution in [-0.2, 0) is 9.53 Å².